The van der Waals surface area contributed by atoms with Gasteiger partial charge in [-0.15, -0.1) is 0 Å². The predicted octanol–water partition coefficient (Wildman–Crippen LogP) is 4.30. The third-order valence-electron chi connectivity index (χ3n) is 4.23. The van der Waals surface area contributed by atoms with Crippen LogP contribution in [-0.4, -0.2) is 6.04 Å². The Morgan fingerprint density at radius 3 is 2.71 bits per heavy atom. The van der Waals surface area contributed by atoms with Gasteiger partial charge in [0.2, 0.25) is 0 Å². The summed E-state index contributed by atoms with van der Waals surface area (Å²) in [5.74, 6) is 2.51. The van der Waals surface area contributed by atoms with Crippen molar-refractivity contribution in [3.8, 4) is 0 Å². The second-order valence-electron chi connectivity index (χ2n) is 5.36. The zero-order valence-electron chi connectivity index (χ0n) is 10.1. The number of fused-ring (bicyclic) bond motifs is 2. The Labute approximate surface area is 117 Å². The first-order valence-electron chi connectivity index (χ1n) is 6.43. The van der Waals surface area contributed by atoms with Crippen molar-refractivity contribution in [3.63, 3.8) is 0 Å². The number of hydrogen-bond acceptors (Lipinski definition) is 1. The van der Waals surface area contributed by atoms with Crippen LogP contribution in [0.15, 0.2) is 36.4 Å². The lowest BCUT2D eigenvalue weighted by atomic mass is 9.87. The highest BCUT2D eigenvalue weighted by atomic mass is 127. The highest BCUT2D eigenvalue weighted by Crippen LogP contribution is 2.45. The fourth-order valence-corrected chi connectivity index (χ4v) is 3.87. The molecule has 0 aliphatic heterocycles. The van der Waals surface area contributed by atoms with Crippen LogP contribution in [0.4, 0.5) is 5.69 Å². The largest absolute Gasteiger partial charge is 0.381 e. The Balaban J connectivity index is 1.70. The molecule has 1 aromatic carbocycles. The van der Waals surface area contributed by atoms with Gasteiger partial charge in [-0.1, -0.05) is 24.3 Å². The van der Waals surface area contributed by atoms with Gasteiger partial charge >= 0.3 is 0 Å². The van der Waals surface area contributed by atoms with Gasteiger partial charge in [-0.2, -0.15) is 0 Å². The van der Waals surface area contributed by atoms with E-state index in [4.69, 9.17) is 0 Å². The quantitative estimate of drug-likeness (QED) is 0.639. The summed E-state index contributed by atoms with van der Waals surface area (Å²) in [4.78, 5) is 0. The Morgan fingerprint density at radius 2 is 2.06 bits per heavy atom. The average Bonchev–Trinajstić information content (AvgIpc) is 2.94. The first-order valence-corrected chi connectivity index (χ1v) is 7.51. The maximum Gasteiger partial charge on any atom is 0.0478 e. The van der Waals surface area contributed by atoms with E-state index in [9.17, 15) is 0 Å². The molecule has 0 spiro atoms. The van der Waals surface area contributed by atoms with E-state index in [1.165, 1.54) is 22.1 Å². The summed E-state index contributed by atoms with van der Waals surface area (Å²) >= 11 is 2.40. The topological polar surface area (TPSA) is 12.0 Å². The van der Waals surface area contributed by atoms with E-state index in [-0.39, 0.29) is 0 Å². The summed E-state index contributed by atoms with van der Waals surface area (Å²) in [5, 5.41) is 3.70. The first-order chi connectivity index (χ1) is 8.24. The average molecular weight is 339 g/mol. The molecule has 0 heterocycles. The van der Waals surface area contributed by atoms with Crippen molar-refractivity contribution in [2.24, 2.45) is 17.8 Å². The predicted molar refractivity (Wildman–Crippen MR) is 81.1 cm³/mol. The standard InChI is InChI=1S/C15H18IN/c1-10(13-9-11-6-7-12(13)8-11)17-15-5-3-2-4-14(15)16/h2-7,10-13,17H,8-9H2,1H3. The maximum atomic E-state index is 3.70. The number of rotatable bonds is 3. The summed E-state index contributed by atoms with van der Waals surface area (Å²) < 4.78 is 1.32. The fraction of sp³-hybridized carbons (Fsp3) is 0.467. The molecule has 3 rings (SSSR count). The number of nitrogens with one attached hydrogen (secondary N) is 1. The van der Waals surface area contributed by atoms with Crippen molar-refractivity contribution >= 4 is 28.3 Å². The van der Waals surface area contributed by atoms with E-state index in [1.54, 1.807) is 0 Å². The zero-order valence-corrected chi connectivity index (χ0v) is 12.2. The van der Waals surface area contributed by atoms with Crippen molar-refractivity contribution in [2.75, 3.05) is 5.32 Å². The van der Waals surface area contributed by atoms with Crippen molar-refractivity contribution in [2.45, 2.75) is 25.8 Å². The molecule has 4 unspecified atom stereocenters. The molecule has 1 fully saturated rings. The van der Waals surface area contributed by atoms with Crippen LogP contribution in [0.25, 0.3) is 0 Å². The lowest BCUT2D eigenvalue weighted by Gasteiger charge is -2.27. The van der Waals surface area contributed by atoms with E-state index in [2.05, 4.69) is 71.2 Å². The molecule has 2 heteroatoms. The molecular formula is C15H18IN. The van der Waals surface area contributed by atoms with Gasteiger partial charge in [-0.05, 0) is 72.2 Å². The number of anilines is 1. The molecule has 0 radical (unpaired) electrons. The number of allylic oxidation sites excluding steroid dienone is 2. The SMILES string of the molecule is CC(Nc1ccccc1I)C1CC2C=CC1C2. The van der Waals surface area contributed by atoms with Gasteiger partial charge in [-0.3, -0.25) is 0 Å². The third kappa shape index (κ3) is 2.24. The lowest BCUT2D eigenvalue weighted by molar-refractivity contribution is 0.400. The first kappa shape index (κ1) is 11.6. The summed E-state index contributed by atoms with van der Waals surface area (Å²) in [5.41, 5.74) is 1.28. The molecule has 0 aromatic heterocycles. The smallest absolute Gasteiger partial charge is 0.0478 e. The second kappa shape index (κ2) is 4.63. The molecule has 0 amide bonds. The molecule has 2 aliphatic carbocycles. The number of benzene rings is 1. The molecule has 1 N–H and O–H groups in total. The third-order valence-corrected chi connectivity index (χ3v) is 5.17. The summed E-state index contributed by atoms with van der Waals surface area (Å²) in [6.45, 7) is 2.34. The van der Waals surface area contributed by atoms with Gasteiger partial charge in [0.25, 0.3) is 0 Å². The van der Waals surface area contributed by atoms with Crippen LogP contribution in [0.3, 0.4) is 0 Å². The van der Waals surface area contributed by atoms with Gasteiger partial charge in [0, 0.05) is 15.3 Å². The molecule has 1 aromatic rings. The molecule has 2 aliphatic rings. The monoisotopic (exact) mass is 339 g/mol. The van der Waals surface area contributed by atoms with Gasteiger partial charge in [0.1, 0.15) is 0 Å². The van der Waals surface area contributed by atoms with Crippen LogP contribution < -0.4 is 5.32 Å². The summed E-state index contributed by atoms with van der Waals surface area (Å²) in [6.07, 6.45) is 7.62. The van der Waals surface area contributed by atoms with Crippen molar-refractivity contribution in [1.82, 2.24) is 0 Å². The minimum absolute atomic E-state index is 0.575. The minimum atomic E-state index is 0.575. The van der Waals surface area contributed by atoms with Gasteiger partial charge in [-0.25, -0.2) is 0 Å². The molecular weight excluding hydrogens is 321 g/mol. The Kier molecular flexibility index (Phi) is 3.16. The second-order valence-corrected chi connectivity index (χ2v) is 6.52. The van der Waals surface area contributed by atoms with E-state index in [0.717, 1.165) is 17.8 Å². The Morgan fingerprint density at radius 1 is 1.24 bits per heavy atom. The van der Waals surface area contributed by atoms with Crippen LogP contribution in [0.5, 0.6) is 0 Å². The molecule has 2 bridgehead atoms. The lowest BCUT2D eigenvalue weighted by Crippen LogP contribution is -2.29. The Hall–Kier alpha value is -0.510. The molecule has 17 heavy (non-hydrogen) atoms. The zero-order chi connectivity index (χ0) is 11.8. The van der Waals surface area contributed by atoms with E-state index < -0.39 is 0 Å². The summed E-state index contributed by atoms with van der Waals surface area (Å²) in [7, 11) is 0. The summed E-state index contributed by atoms with van der Waals surface area (Å²) in [6, 6.07) is 9.12. The van der Waals surface area contributed by atoms with E-state index in [0.29, 0.717) is 6.04 Å². The van der Waals surface area contributed by atoms with Crippen LogP contribution in [0.2, 0.25) is 0 Å². The Bertz CT molecular complexity index is 440. The van der Waals surface area contributed by atoms with Crippen molar-refractivity contribution in [3.05, 3.63) is 40.0 Å². The van der Waals surface area contributed by atoms with E-state index >= 15 is 0 Å². The van der Waals surface area contributed by atoms with Crippen LogP contribution >= 0.6 is 22.6 Å². The van der Waals surface area contributed by atoms with Gasteiger partial charge < -0.3 is 5.32 Å². The minimum Gasteiger partial charge on any atom is -0.381 e. The highest BCUT2D eigenvalue weighted by Gasteiger charge is 2.38. The van der Waals surface area contributed by atoms with Gasteiger partial charge in [0.15, 0.2) is 0 Å². The van der Waals surface area contributed by atoms with Crippen LogP contribution in [-0.2, 0) is 0 Å². The van der Waals surface area contributed by atoms with E-state index in [1.807, 2.05) is 0 Å². The number of halogens is 1. The molecule has 1 nitrogen and oxygen atoms in total. The highest BCUT2D eigenvalue weighted by molar-refractivity contribution is 14.1. The molecule has 0 saturated heterocycles. The maximum absolute atomic E-state index is 3.70. The van der Waals surface area contributed by atoms with Crippen molar-refractivity contribution < 1.29 is 0 Å². The normalized spacial score (nSPS) is 31.8. The van der Waals surface area contributed by atoms with Crippen molar-refractivity contribution in [1.29, 1.82) is 0 Å². The number of para-hydroxylation sites is 1. The van der Waals surface area contributed by atoms with Crippen LogP contribution in [0, 0.1) is 21.3 Å². The van der Waals surface area contributed by atoms with Gasteiger partial charge in [0.05, 0.1) is 0 Å². The van der Waals surface area contributed by atoms with Crippen LogP contribution in [0.1, 0.15) is 19.8 Å². The molecule has 1 saturated carbocycles. The number of hydrogen-bond donors (Lipinski definition) is 1. The molecule has 4 atom stereocenters. The molecule has 90 valence electrons. The fourth-order valence-electron chi connectivity index (χ4n) is 3.33.